The molecule has 0 atom stereocenters. The second kappa shape index (κ2) is 5.54. The maximum Gasteiger partial charge on any atom is 0.271 e. The Morgan fingerprint density at radius 3 is 2.56 bits per heavy atom. The zero-order valence-electron chi connectivity index (χ0n) is 9.93. The van der Waals surface area contributed by atoms with Crippen molar-refractivity contribution >= 4 is 23.0 Å². The lowest BCUT2D eigenvalue weighted by Crippen LogP contribution is -2.32. The van der Waals surface area contributed by atoms with Crippen LogP contribution in [0, 0.1) is 10.1 Å². The number of benzene rings is 1. The van der Waals surface area contributed by atoms with Gasteiger partial charge in [-0.25, -0.2) is 0 Å². The van der Waals surface area contributed by atoms with E-state index in [2.05, 4.69) is 5.32 Å². The van der Waals surface area contributed by atoms with Gasteiger partial charge in [0.05, 0.1) is 15.6 Å². The van der Waals surface area contributed by atoms with Crippen molar-refractivity contribution in [2.45, 2.75) is 37.8 Å². The standard InChI is InChI=1S/C12H16ClN3O2/c13-11-7-10(16(17)18)5-6-12(11)15-9-3-1-8(14)2-4-9/h5-9,15H,1-4,14H2. The molecule has 1 fully saturated rings. The highest BCUT2D eigenvalue weighted by molar-refractivity contribution is 6.33. The Morgan fingerprint density at radius 1 is 1.33 bits per heavy atom. The molecular formula is C12H16ClN3O2. The quantitative estimate of drug-likeness (QED) is 0.653. The predicted molar refractivity (Wildman–Crippen MR) is 72.0 cm³/mol. The molecule has 0 bridgehead atoms. The van der Waals surface area contributed by atoms with Crippen LogP contribution < -0.4 is 11.1 Å². The monoisotopic (exact) mass is 269 g/mol. The van der Waals surface area contributed by atoms with Gasteiger partial charge in [-0.1, -0.05) is 11.6 Å². The number of nitro benzene ring substituents is 1. The van der Waals surface area contributed by atoms with Crippen LogP contribution in [-0.2, 0) is 0 Å². The molecule has 3 N–H and O–H groups in total. The van der Waals surface area contributed by atoms with E-state index in [-0.39, 0.29) is 5.69 Å². The molecule has 0 aromatic heterocycles. The highest BCUT2D eigenvalue weighted by Crippen LogP contribution is 2.29. The first-order valence-corrected chi connectivity index (χ1v) is 6.40. The number of nitrogens with two attached hydrogens (primary N) is 1. The fourth-order valence-electron chi connectivity index (χ4n) is 2.22. The van der Waals surface area contributed by atoms with E-state index in [1.165, 1.54) is 12.1 Å². The predicted octanol–water partition coefficient (Wildman–Crippen LogP) is 2.93. The van der Waals surface area contributed by atoms with Crippen molar-refractivity contribution in [1.29, 1.82) is 0 Å². The minimum absolute atomic E-state index is 0.0104. The molecule has 1 aromatic rings. The molecule has 0 spiro atoms. The summed E-state index contributed by atoms with van der Waals surface area (Å²) in [5.74, 6) is 0. The number of non-ortho nitro benzene ring substituents is 1. The molecule has 5 nitrogen and oxygen atoms in total. The lowest BCUT2D eigenvalue weighted by Gasteiger charge is -2.27. The first-order chi connectivity index (χ1) is 8.56. The van der Waals surface area contributed by atoms with Crippen LogP contribution in [0.5, 0.6) is 0 Å². The SMILES string of the molecule is NC1CCC(Nc2ccc([N+](=O)[O-])cc2Cl)CC1. The van der Waals surface area contributed by atoms with Gasteiger partial charge in [0, 0.05) is 24.2 Å². The summed E-state index contributed by atoms with van der Waals surface area (Å²) < 4.78 is 0. The fraction of sp³-hybridized carbons (Fsp3) is 0.500. The Morgan fingerprint density at radius 2 is 2.00 bits per heavy atom. The Bertz CT molecular complexity index is 445. The van der Waals surface area contributed by atoms with Crippen LogP contribution >= 0.6 is 11.6 Å². The number of halogens is 1. The summed E-state index contributed by atoms with van der Waals surface area (Å²) in [6.07, 6.45) is 4.02. The number of nitrogens with one attached hydrogen (secondary N) is 1. The van der Waals surface area contributed by atoms with Crippen molar-refractivity contribution in [2.24, 2.45) is 5.73 Å². The van der Waals surface area contributed by atoms with Gasteiger partial charge in [0.1, 0.15) is 0 Å². The number of nitrogens with zero attached hydrogens (tertiary/aromatic N) is 1. The number of anilines is 1. The molecule has 1 aromatic carbocycles. The van der Waals surface area contributed by atoms with Crippen molar-refractivity contribution < 1.29 is 4.92 Å². The average Bonchev–Trinajstić information content (AvgIpc) is 2.34. The van der Waals surface area contributed by atoms with Gasteiger partial charge < -0.3 is 11.1 Å². The van der Waals surface area contributed by atoms with Gasteiger partial charge in [0.2, 0.25) is 0 Å². The molecule has 0 heterocycles. The van der Waals surface area contributed by atoms with E-state index in [1.807, 2.05) is 0 Å². The molecule has 1 aliphatic rings. The van der Waals surface area contributed by atoms with Crippen molar-refractivity contribution in [3.63, 3.8) is 0 Å². The lowest BCUT2D eigenvalue weighted by molar-refractivity contribution is -0.384. The maximum absolute atomic E-state index is 10.6. The van der Waals surface area contributed by atoms with E-state index in [0.29, 0.717) is 17.1 Å². The molecule has 0 amide bonds. The fourth-order valence-corrected chi connectivity index (χ4v) is 2.45. The van der Waals surface area contributed by atoms with Crippen molar-refractivity contribution in [2.75, 3.05) is 5.32 Å². The van der Waals surface area contributed by atoms with E-state index in [9.17, 15) is 10.1 Å². The van der Waals surface area contributed by atoms with Gasteiger partial charge >= 0.3 is 0 Å². The number of hydrogen-bond donors (Lipinski definition) is 2. The van der Waals surface area contributed by atoms with Crippen LogP contribution in [0.2, 0.25) is 5.02 Å². The Kier molecular flexibility index (Phi) is 4.04. The molecule has 0 saturated heterocycles. The second-order valence-electron chi connectivity index (χ2n) is 4.68. The van der Waals surface area contributed by atoms with E-state index >= 15 is 0 Å². The average molecular weight is 270 g/mol. The number of hydrogen-bond acceptors (Lipinski definition) is 4. The van der Waals surface area contributed by atoms with Gasteiger partial charge in [-0.3, -0.25) is 10.1 Å². The summed E-state index contributed by atoms with van der Waals surface area (Å²) in [6.45, 7) is 0. The summed E-state index contributed by atoms with van der Waals surface area (Å²) in [5.41, 5.74) is 6.61. The molecular weight excluding hydrogens is 254 g/mol. The Hall–Kier alpha value is -1.33. The molecule has 98 valence electrons. The molecule has 1 aliphatic carbocycles. The van der Waals surface area contributed by atoms with Crippen LogP contribution in [0.3, 0.4) is 0 Å². The first kappa shape index (κ1) is 13.1. The normalized spacial score (nSPS) is 23.7. The van der Waals surface area contributed by atoms with Crippen LogP contribution in [0.15, 0.2) is 18.2 Å². The minimum Gasteiger partial charge on any atom is -0.381 e. The highest BCUT2D eigenvalue weighted by atomic mass is 35.5. The van der Waals surface area contributed by atoms with Gasteiger partial charge in [-0.15, -0.1) is 0 Å². The van der Waals surface area contributed by atoms with E-state index in [4.69, 9.17) is 17.3 Å². The smallest absolute Gasteiger partial charge is 0.271 e. The number of rotatable bonds is 3. The first-order valence-electron chi connectivity index (χ1n) is 6.02. The molecule has 0 radical (unpaired) electrons. The third-order valence-electron chi connectivity index (χ3n) is 3.29. The van der Waals surface area contributed by atoms with Crippen LogP contribution in [0.1, 0.15) is 25.7 Å². The summed E-state index contributed by atoms with van der Waals surface area (Å²) in [7, 11) is 0. The van der Waals surface area contributed by atoms with Crippen molar-refractivity contribution in [3.8, 4) is 0 Å². The maximum atomic E-state index is 10.6. The zero-order valence-corrected chi connectivity index (χ0v) is 10.7. The third kappa shape index (κ3) is 3.11. The molecule has 0 unspecified atom stereocenters. The topological polar surface area (TPSA) is 81.2 Å². The third-order valence-corrected chi connectivity index (χ3v) is 3.61. The second-order valence-corrected chi connectivity index (χ2v) is 5.08. The van der Waals surface area contributed by atoms with Gasteiger partial charge in [-0.2, -0.15) is 0 Å². The lowest BCUT2D eigenvalue weighted by atomic mass is 9.91. The van der Waals surface area contributed by atoms with Crippen LogP contribution in [0.25, 0.3) is 0 Å². The largest absolute Gasteiger partial charge is 0.381 e. The van der Waals surface area contributed by atoms with E-state index < -0.39 is 4.92 Å². The van der Waals surface area contributed by atoms with Crippen molar-refractivity contribution in [3.05, 3.63) is 33.3 Å². The molecule has 18 heavy (non-hydrogen) atoms. The van der Waals surface area contributed by atoms with Crippen LogP contribution in [0.4, 0.5) is 11.4 Å². The summed E-state index contributed by atoms with van der Waals surface area (Å²) >= 11 is 6.03. The molecule has 2 rings (SSSR count). The summed E-state index contributed by atoms with van der Waals surface area (Å²) in [6, 6.07) is 5.15. The van der Waals surface area contributed by atoms with Gasteiger partial charge in [0.25, 0.3) is 5.69 Å². The minimum atomic E-state index is -0.449. The van der Waals surface area contributed by atoms with Gasteiger partial charge in [-0.05, 0) is 31.7 Å². The molecule has 6 heteroatoms. The van der Waals surface area contributed by atoms with Gasteiger partial charge in [0.15, 0.2) is 0 Å². The van der Waals surface area contributed by atoms with E-state index in [1.54, 1.807) is 6.07 Å². The van der Waals surface area contributed by atoms with E-state index in [0.717, 1.165) is 31.4 Å². The summed E-state index contributed by atoms with van der Waals surface area (Å²) in [4.78, 5) is 10.2. The summed E-state index contributed by atoms with van der Waals surface area (Å²) in [5, 5.41) is 14.3. The van der Waals surface area contributed by atoms with Crippen molar-refractivity contribution in [1.82, 2.24) is 0 Å². The Labute approximate surface area is 110 Å². The van der Waals surface area contributed by atoms with Crippen LogP contribution in [-0.4, -0.2) is 17.0 Å². The Balaban J connectivity index is 2.03. The molecule has 1 saturated carbocycles. The molecule has 0 aliphatic heterocycles. The zero-order chi connectivity index (χ0) is 13.1. The number of nitro groups is 1. The highest BCUT2D eigenvalue weighted by Gasteiger charge is 2.19.